The topological polar surface area (TPSA) is 84.7 Å². The molecule has 1 aliphatic heterocycles. The van der Waals surface area contributed by atoms with E-state index in [0.717, 1.165) is 39.1 Å². The molecule has 142 valence electrons. The molecule has 0 aromatic heterocycles. The van der Waals surface area contributed by atoms with Crippen molar-refractivity contribution in [3.8, 4) is 0 Å². The molecule has 1 saturated carbocycles. The third-order valence-electron chi connectivity index (χ3n) is 5.79. The maximum Gasteiger partial charge on any atom is 0.273 e. The molecule has 0 bridgehead atoms. The summed E-state index contributed by atoms with van der Waals surface area (Å²) in [5.74, 6) is -0.232. The predicted molar refractivity (Wildman–Crippen MR) is 98.4 cm³/mol. The van der Waals surface area contributed by atoms with Crippen LogP contribution in [-0.2, 0) is 4.74 Å². The van der Waals surface area contributed by atoms with Gasteiger partial charge in [-0.2, -0.15) is 0 Å². The Hall–Kier alpha value is -1.99. The van der Waals surface area contributed by atoms with E-state index in [1.54, 1.807) is 19.1 Å². The first-order valence-electron chi connectivity index (χ1n) is 9.38. The molecule has 1 heterocycles. The molecule has 7 nitrogen and oxygen atoms in total. The Kier molecular flexibility index (Phi) is 5.88. The van der Waals surface area contributed by atoms with Gasteiger partial charge >= 0.3 is 0 Å². The number of ether oxygens (including phenoxy) is 1. The van der Waals surface area contributed by atoms with E-state index < -0.39 is 4.92 Å². The van der Waals surface area contributed by atoms with Gasteiger partial charge in [0.15, 0.2) is 0 Å². The summed E-state index contributed by atoms with van der Waals surface area (Å²) in [6.07, 6.45) is 5.72. The summed E-state index contributed by atoms with van der Waals surface area (Å²) in [5, 5.41) is 14.2. The van der Waals surface area contributed by atoms with Crippen molar-refractivity contribution in [2.75, 3.05) is 32.8 Å². The van der Waals surface area contributed by atoms with Crippen molar-refractivity contribution in [1.29, 1.82) is 0 Å². The number of nitro groups is 1. The number of carbonyl (C=O) groups excluding carboxylic acids is 1. The van der Waals surface area contributed by atoms with E-state index in [-0.39, 0.29) is 17.1 Å². The third kappa shape index (κ3) is 3.88. The second-order valence-corrected chi connectivity index (χ2v) is 7.27. The number of carbonyl (C=O) groups is 1. The molecule has 1 saturated heterocycles. The number of nitrogens with zero attached hydrogens (tertiary/aromatic N) is 2. The minimum atomic E-state index is -0.442. The van der Waals surface area contributed by atoms with Gasteiger partial charge in [0.1, 0.15) is 0 Å². The van der Waals surface area contributed by atoms with Gasteiger partial charge in [0.25, 0.3) is 11.6 Å². The minimum absolute atomic E-state index is 0.0155. The Labute approximate surface area is 153 Å². The fourth-order valence-corrected chi connectivity index (χ4v) is 4.26. The van der Waals surface area contributed by atoms with E-state index in [2.05, 4.69) is 10.2 Å². The van der Waals surface area contributed by atoms with Gasteiger partial charge in [0.05, 0.1) is 18.1 Å². The monoisotopic (exact) mass is 361 g/mol. The Bertz CT molecular complexity index is 665. The first-order chi connectivity index (χ1) is 12.5. The molecule has 1 aromatic rings. The van der Waals surface area contributed by atoms with Gasteiger partial charge in [-0.05, 0) is 25.8 Å². The summed E-state index contributed by atoms with van der Waals surface area (Å²) < 4.78 is 5.49. The molecular weight excluding hydrogens is 334 g/mol. The van der Waals surface area contributed by atoms with Gasteiger partial charge in [0.2, 0.25) is 0 Å². The molecule has 1 amide bonds. The molecule has 7 heteroatoms. The third-order valence-corrected chi connectivity index (χ3v) is 5.79. The SMILES string of the molecule is Cc1c(C(=O)NCC2(N3CCOCC3)CCCCC2)cccc1[N+](=O)[O-]. The van der Waals surface area contributed by atoms with Crippen LogP contribution in [0.4, 0.5) is 5.69 Å². The van der Waals surface area contributed by atoms with Gasteiger partial charge in [-0.25, -0.2) is 0 Å². The van der Waals surface area contributed by atoms with Crippen molar-refractivity contribution < 1.29 is 14.5 Å². The standard InChI is InChI=1S/C19H27N3O4/c1-15-16(6-5-7-17(15)22(24)25)18(23)20-14-19(8-3-2-4-9-19)21-10-12-26-13-11-21/h5-7H,2-4,8-14H2,1H3,(H,20,23). The van der Waals surface area contributed by atoms with Gasteiger partial charge in [-0.15, -0.1) is 0 Å². The molecule has 1 aromatic carbocycles. The van der Waals surface area contributed by atoms with Crippen LogP contribution in [0.1, 0.15) is 48.0 Å². The molecule has 1 aliphatic carbocycles. The second kappa shape index (κ2) is 8.14. The molecule has 0 spiro atoms. The lowest BCUT2D eigenvalue weighted by molar-refractivity contribution is -0.385. The van der Waals surface area contributed by atoms with Crippen LogP contribution >= 0.6 is 0 Å². The van der Waals surface area contributed by atoms with Crippen LogP contribution < -0.4 is 5.32 Å². The summed E-state index contributed by atoms with van der Waals surface area (Å²) >= 11 is 0. The molecule has 2 aliphatic rings. The van der Waals surface area contributed by atoms with E-state index >= 15 is 0 Å². The van der Waals surface area contributed by atoms with E-state index in [1.807, 2.05) is 0 Å². The van der Waals surface area contributed by atoms with Crippen molar-refractivity contribution >= 4 is 11.6 Å². The molecule has 3 rings (SSSR count). The lowest BCUT2D eigenvalue weighted by Crippen LogP contribution is -2.59. The number of benzene rings is 1. The van der Waals surface area contributed by atoms with Crippen LogP contribution in [-0.4, -0.2) is 54.1 Å². The Balaban J connectivity index is 1.74. The molecule has 1 N–H and O–H groups in total. The summed E-state index contributed by atoms with van der Waals surface area (Å²) in [6.45, 7) is 5.47. The zero-order chi connectivity index (χ0) is 18.6. The lowest BCUT2D eigenvalue weighted by atomic mass is 9.79. The van der Waals surface area contributed by atoms with Gasteiger partial charge < -0.3 is 10.1 Å². The molecule has 0 radical (unpaired) electrons. The molecule has 2 fully saturated rings. The van der Waals surface area contributed by atoms with Crippen LogP contribution in [0.3, 0.4) is 0 Å². The highest BCUT2D eigenvalue weighted by molar-refractivity contribution is 5.96. The average molecular weight is 361 g/mol. The van der Waals surface area contributed by atoms with Crippen LogP contribution in [0, 0.1) is 17.0 Å². The van der Waals surface area contributed by atoms with E-state index in [0.29, 0.717) is 17.7 Å². The van der Waals surface area contributed by atoms with E-state index in [1.165, 1.54) is 25.3 Å². The van der Waals surface area contributed by atoms with Crippen molar-refractivity contribution in [3.05, 3.63) is 39.4 Å². The van der Waals surface area contributed by atoms with Crippen molar-refractivity contribution in [2.45, 2.75) is 44.6 Å². The smallest absolute Gasteiger partial charge is 0.273 e. The highest BCUT2D eigenvalue weighted by atomic mass is 16.6. The number of morpholine rings is 1. The molecule has 0 atom stereocenters. The average Bonchev–Trinajstić information content (AvgIpc) is 2.67. The maximum absolute atomic E-state index is 12.7. The van der Waals surface area contributed by atoms with Crippen molar-refractivity contribution in [1.82, 2.24) is 10.2 Å². The number of nitro benzene ring substituents is 1. The van der Waals surface area contributed by atoms with E-state index in [9.17, 15) is 14.9 Å². The summed E-state index contributed by atoms with van der Waals surface area (Å²) in [4.78, 5) is 25.9. The second-order valence-electron chi connectivity index (χ2n) is 7.27. The number of amides is 1. The van der Waals surface area contributed by atoms with Crippen LogP contribution in [0.25, 0.3) is 0 Å². The first-order valence-corrected chi connectivity index (χ1v) is 9.38. The first kappa shape index (κ1) is 18.8. The van der Waals surface area contributed by atoms with Crippen molar-refractivity contribution in [3.63, 3.8) is 0 Å². The van der Waals surface area contributed by atoms with E-state index in [4.69, 9.17) is 4.74 Å². The Morgan fingerprint density at radius 2 is 1.96 bits per heavy atom. The van der Waals surface area contributed by atoms with Gasteiger partial charge in [-0.3, -0.25) is 19.8 Å². The fourth-order valence-electron chi connectivity index (χ4n) is 4.26. The minimum Gasteiger partial charge on any atom is -0.379 e. The normalized spacial score (nSPS) is 20.5. The zero-order valence-corrected chi connectivity index (χ0v) is 15.3. The van der Waals surface area contributed by atoms with Gasteiger partial charge in [-0.1, -0.05) is 25.3 Å². The molecule has 0 unspecified atom stereocenters. The van der Waals surface area contributed by atoms with Crippen molar-refractivity contribution in [2.24, 2.45) is 0 Å². The highest BCUT2D eigenvalue weighted by Crippen LogP contribution is 2.34. The summed E-state index contributed by atoms with van der Waals surface area (Å²) in [6, 6.07) is 4.65. The summed E-state index contributed by atoms with van der Waals surface area (Å²) in [5.41, 5.74) is 0.760. The van der Waals surface area contributed by atoms with Crippen LogP contribution in [0.5, 0.6) is 0 Å². The molecule has 26 heavy (non-hydrogen) atoms. The number of hydrogen-bond donors (Lipinski definition) is 1. The summed E-state index contributed by atoms with van der Waals surface area (Å²) in [7, 11) is 0. The fraction of sp³-hybridized carbons (Fsp3) is 0.632. The predicted octanol–water partition coefficient (Wildman–Crippen LogP) is 2.67. The van der Waals surface area contributed by atoms with Gasteiger partial charge in [0, 0.05) is 42.4 Å². The Morgan fingerprint density at radius 1 is 1.27 bits per heavy atom. The van der Waals surface area contributed by atoms with Crippen LogP contribution in [0.2, 0.25) is 0 Å². The number of hydrogen-bond acceptors (Lipinski definition) is 5. The lowest BCUT2D eigenvalue weighted by Gasteiger charge is -2.48. The maximum atomic E-state index is 12.7. The van der Waals surface area contributed by atoms with Crippen LogP contribution in [0.15, 0.2) is 18.2 Å². The largest absolute Gasteiger partial charge is 0.379 e. The molecular formula is C19H27N3O4. The quantitative estimate of drug-likeness (QED) is 0.644. The number of rotatable bonds is 5. The number of nitrogens with one attached hydrogen (secondary N) is 1. The Morgan fingerprint density at radius 3 is 2.62 bits per heavy atom. The highest BCUT2D eigenvalue weighted by Gasteiger charge is 2.39. The zero-order valence-electron chi connectivity index (χ0n) is 15.3.